The second-order valence-corrected chi connectivity index (χ2v) is 33.3. The van der Waals surface area contributed by atoms with E-state index in [0.717, 1.165) is 43.9 Å². The maximum Gasteiger partial charge on any atom is 0.311 e. The summed E-state index contributed by atoms with van der Waals surface area (Å²) < 4.78 is 22.4. The van der Waals surface area contributed by atoms with Gasteiger partial charge in [-0.25, -0.2) is 0 Å². The number of carbonyl (C=O) groups excluding carboxylic acids is 1. The molecule has 1 aliphatic carbocycles. The topological polar surface area (TPSA) is 115 Å². The number of ether oxygens (including phenoxy) is 4. The molecule has 2 aliphatic rings. The van der Waals surface area contributed by atoms with E-state index in [4.69, 9.17) is 18.9 Å². The summed E-state index contributed by atoms with van der Waals surface area (Å²) in [6.07, 6.45) is 96.6. The zero-order valence-corrected chi connectivity index (χ0v) is 67.7. The van der Waals surface area contributed by atoms with Crippen LogP contribution in [0, 0.1) is 23.7 Å². The predicted molar refractivity (Wildman–Crippen MR) is 428 cm³/mol. The molecular formula is C91H178O8. The number of methoxy groups -OCH3 is 2. The molecule has 0 aromatic rings. The molecule has 1 heterocycles. The first kappa shape index (κ1) is 94.3. The Hall–Kier alpha value is -0.770. The largest absolute Gasteiger partial charge is 0.463 e. The fourth-order valence-corrected chi connectivity index (χ4v) is 16.7. The second kappa shape index (κ2) is 72.8. The van der Waals surface area contributed by atoms with Crippen molar-refractivity contribution < 1.29 is 39.1 Å². The van der Waals surface area contributed by atoms with E-state index in [9.17, 15) is 20.1 Å². The molecule has 3 N–H and O–H groups in total. The van der Waals surface area contributed by atoms with Gasteiger partial charge in [-0.05, 0) is 49.9 Å². The molecule has 0 spiro atoms. The molecule has 1 saturated carbocycles. The number of esters is 1. The van der Waals surface area contributed by atoms with Crippen molar-refractivity contribution in [1.29, 1.82) is 0 Å². The van der Waals surface area contributed by atoms with Crippen molar-refractivity contribution in [2.75, 3.05) is 20.8 Å². The molecular weight excluding hydrogens is 1220 g/mol. The number of hydrogen-bond acceptors (Lipinski definition) is 8. The van der Waals surface area contributed by atoms with E-state index in [-0.39, 0.29) is 6.61 Å². The zero-order chi connectivity index (χ0) is 71.2. The average molecular weight is 1400 g/mol. The Morgan fingerprint density at radius 3 is 0.899 bits per heavy atom. The third-order valence-electron chi connectivity index (χ3n) is 24.0. The van der Waals surface area contributed by atoms with Gasteiger partial charge < -0.3 is 34.3 Å². The highest BCUT2D eigenvalue weighted by molar-refractivity contribution is 5.73. The molecule has 0 aromatic carbocycles. The maximum atomic E-state index is 13.5. The minimum absolute atomic E-state index is 0.168. The third-order valence-corrected chi connectivity index (χ3v) is 24.0. The van der Waals surface area contributed by atoms with Gasteiger partial charge in [0.2, 0.25) is 0 Å². The Balaban J connectivity index is 1.33. The van der Waals surface area contributed by atoms with Gasteiger partial charge in [-0.3, -0.25) is 4.79 Å². The lowest BCUT2D eigenvalue weighted by atomic mass is 9.91. The number of hydrogen-bond donors (Lipinski definition) is 3. The summed E-state index contributed by atoms with van der Waals surface area (Å²) in [7, 11) is 3.37. The van der Waals surface area contributed by atoms with Crippen LogP contribution < -0.4 is 0 Å². The Kier molecular flexibility index (Phi) is 69.3. The van der Waals surface area contributed by atoms with Crippen LogP contribution in [0.4, 0.5) is 0 Å². The van der Waals surface area contributed by atoms with Crippen LogP contribution in [0.5, 0.6) is 0 Å². The van der Waals surface area contributed by atoms with Crippen LogP contribution in [0.25, 0.3) is 0 Å². The Morgan fingerprint density at radius 1 is 0.354 bits per heavy atom. The maximum absolute atomic E-state index is 13.5. The summed E-state index contributed by atoms with van der Waals surface area (Å²) in [5.41, 5.74) is 0. The fourth-order valence-electron chi connectivity index (χ4n) is 16.7. The minimum Gasteiger partial charge on any atom is -0.463 e. The van der Waals surface area contributed by atoms with Crippen LogP contribution in [0.3, 0.4) is 0 Å². The molecule has 0 aromatic heterocycles. The molecule has 99 heavy (non-hydrogen) atoms. The van der Waals surface area contributed by atoms with Crippen molar-refractivity contribution >= 4 is 5.97 Å². The van der Waals surface area contributed by atoms with Crippen molar-refractivity contribution in [3.63, 3.8) is 0 Å². The van der Waals surface area contributed by atoms with Crippen LogP contribution in [0.15, 0.2) is 0 Å². The van der Waals surface area contributed by atoms with E-state index in [0.29, 0.717) is 24.9 Å². The van der Waals surface area contributed by atoms with Crippen LogP contribution in [0.2, 0.25) is 0 Å². The molecule has 8 heteroatoms. The Bertz CT molecular complexity index is 1610. The summed E-state index contributed by atoms with van der Waals surface area (Å²) in [6.45, 7) is 6.88. The smallest absolute Gasteiger partial charge is 0.311 e. The zero-order valence-electron chi connectivity index (χ0n) is 67.7. The number of unbranched alkanes of at least 4 members (excludes halogenated alkanes) is 63. The summed E-state index contributed by atoms with van der Waals surface area (Å²) in [6, 6.07) is 0. The van der Waals surface area contributed by atoms with Crippen molar-refractivity contribution in [2.45, 2.75) is 533 Å². The van der Waals surface area contributed by atoms with Gasteiger partial charge in [0.25, 0.3) is 0 Å². The quantitative estimate of drug-likeness (QED) is 0.0408. The van der Waals surface area contributed by atoms with Gasteiger partial charge in [-0.1, -0.05) is 464 Å². The van der Waals surface area contributed by atoms with Crippen LogP contribution in [-0.4, -0.2) is 78.9 Å². The number of carbonyl (C=O) groups is 1. The monoisotopic (exact) mass is 1400 g/mol. The van der Waals surface area contributed by atoms with Crippen molar-refractivity contribution in [3.8, 4) is 0 Å². The molecule has 1 aliphatic heterocycles. The highest BCUT2D eigenvalue weighted by Crippen LogP contribution is 2.46. The lowest BCUT2D eigenvalue weighted by Crippen LogP contribution is -2.37. The molecule has 0 bridgehead atoms. The number of aliphatic hydroxyl groups is 3. The fraction of sp³-hybridized carbons (Fsp3) is 0.989. The molecule has 590 valence electrons. The summed E-state index contributed by atoms with van der Waals surface area (Å²) >= 11 is 0. The van der Waals surface area contributed by atoms with Gasteiger partial charge in [-0.2, -0.15) is 0 Å². The van der Waals surface area contributed by atoms with E-state index in [1.807, 2.05) is 7.11 Å². The third kappa shape index (κ3) is 58.1. The second-order valence-electron chi connectivity index (χ2n) is 33.3. The van der Waals surface area contributed by atoms with Gasteiger partial charge in [0.05, 0.1) is 18.1 Å². The summed E-state index contributed by atoms with van der Waals surface area (Å²) in [5, 5.41) is 32.0. The Labute approximate surface area is 619 Å². The number of rotatable bonds is 82. The SMILES string of the molecule is CCCCCCCCCCCCCCCCCCCCCCCC[C@@H](C(=O)OC[C@H]1O[C@H](OC)[C@@H](O)[C@@H]1O)[C@H](O)CCCCCCCCCCCCCCCCC[C@@H]1C[C@@H]1CCCCCCCCCCCCCCCC[C@@H](OC)[C@@H](C)CCCCCCCCCCCCCCCCCC. The molecule has 0 amide bonds. The van der Waals surface area contributed by atoms with Crippen molar-refractivity contribution in [3.05, 3.63) is 0 Å². The molecule has 0 unspecified atom stereocenters. The Morgan fingerprint density at radius 2 is 0.616 bits per heavy atom. The molecule has 1 saturated heterocycles. The summed E-state index contributed by atoms with van der Waals surface area (Å²) in [4.78, 5) is 13.5. The first-order chi connectivity index (χ1) is 48.8. The van der Waals surface area contributed by atoms with Gasteiger partial charge >= 0.3 is 5.97 Å². The highest BCUT2D eigenvalue weighted by atomic mass is 16.7. The van der Waals surface area contributed by atoms with Gasteiger partial charge in [-0.15, -0.1) is 0 Å². The molecule has 8 nitrogen and oxygen atoms in total. The number of aliphatic hydroxyl groups excluding tert-OH is 3. The van der Waals surface area contributed by atoms with Gasteiger partial charge in [0.15, 0.2) is 6.29 Å². The molecule has 0 radical (unpaired) electrons. The van der Waals surface area contributed by atoms with Crippen molar-refractivity contribution in [2.24, 2.45) is 23.7 Å². The van der Waals surface area contributed by atoms with E-state index in [1.165, 1.54) is 437 Å². The normalized spacial score (nSPS) is 18.9. The van der Waals surface area contributed by atoms with E-state index in [1.54, 1.807) is 0 Å². The standard InChI is InChI=1S/C91H178O8/c1-6-8-10-12-14-16-18-20-22-24-25-26-27-28-29-33-40-46-52-58-64-70-76-84(90(95)98-80-87-88(93)89(94)91(97-5)99-87)85(92)77-71-65-59-53-47-41-34-30-32-38-44-50-56-62-68-74-82-79-83(82)75-69-63-57-51-45-39-35-36-42-48-54-60-66-72-78-86(96-4)81(3)73-67-61-55-49-43-37-31-23-21-19-17-15-13-11-9-7-2/h81-89,91-94H,6-80H2,1-5H3/t81-,82+,83-,84+,85+,86+,87+,88+,89-,91-/m0/s1. The average Bonchev–Trinajstić information content (AvgIpc) is 1.72. The predicted octanol–water partition coefficient (Wildman–Crippen LogP) is 28.4. The van der Waals surface area contributed by atoms with Crippen LogP contribution >= 0.6 is 0 Å². The van der Waals surface area contributed by atoms with E-state index >= 15 is 0 Å². The van der Waals surface area contributed by atoms with Crippen molar-refractivity contribution in [1.82, 2.24) is 0 Å². The molecule has 10 atom stereocenters. The first-order valence-corrected chi connectivity index (χ1v) is 45.7. The lowest BCUT2D eigenvalue weighted by Gasteiger charge is -2.23. The highest BCUT2D eigenvalue weighted by Gasteiger charge is 2.44. The van der Waals surface area contributed by atoms with Gasteiger partial charge in [0.1, 0.15) is 24.9 Å². The molecule has 2 rings (SSSR count). The summed E-state index contributed by atoms with van der Waals surface area (Å²) in [5.74, 6) is 1.84. The molecule has 2 fully saturated rings. The minimum atomic E-state index is -1.19. The first-order valence-electron chi connectivity index (χ1n) is 45.7. The van der Waals surface area contributed by atoms with Crippen LogP contribution in [0.1, 0.15) is 496 Å². The van der Waals surface area contributed by atoms with Crippen LogP contribution in [-0.2, 0) is 23.7 Å². The lowest BCUT2D eigenvalue weighted by molar-refractivity contribution is -0.170. The van der Waals surface area contributed by atoms with Gasteiger partial charge in [0, 0.05) is 14.2 Å². The van der Waals surface area contributed by atoms with E-state index in [2.05, 4.69) is 20.8 Å². The van der Waals surface area contributed by atoms with E-state index < -0.39 is 42.6 Å².